The van der Waals surface area contributed by atoms with E-state index in [0.717, 1.165) is 17.8 Å². The van der Waals surface area contributed by atoms with Gasteiger partial charge in [-0.05, 0) is 30.3 Å². The number of amides is 1. The van der Waals surface area contributed by atoms with Crippen LogP contribution >= 0.6 is 35.6 Å². The molecule has 116 valence electrons. The molecule has 0 saturated carbocycles. The van der Waals surface area contributed by atoms with Gasteiger partial charge in [-0.15, -0.1) is 0 Å². The lowest BCUT2D eigenvalue weighted by Gasteiger charge is -2.14. The molecule has 0 radical (unpaired) electrons. The maximum absolute atomic E-state index is 13.7. The Labute approximate surface area is 145 Å². The Morgan fingerprint density at radius 3 is 2.57 bits per heavy atom. The number of benzene rings is 2. The van der Waals surface area contributed by atoms with Crippen LogP contribution in [0.5, 0.6) is 0 Å². The molecule has 0 aliphatic carbocycles. The summed E-state index contributed by atoms with van der Waals surface area (Å²) in [6.45, 7) is 0. The van der Waals surface area contributed by atoms with Gasteiger partial charge >= 0.3 is 0 Å². The molecule has 2 aromatic rings. The first-order valence-corrected chi connectivity index (χ1v) is 8.05. The molecule has 2 nitrogen and oxygen atoms in total. The summed E-state index contributed by atoms with van der Waals surface area (Å²) < 4.78 is 27.3. The van der Waals surface area contributed by atoms with Crippen molar-refractivity contribution < 1.29 is 13.6 Å². The first kappa shape index (κ1) is 16.1. The molecule has 7 heteroatoms. The smallest absolute Gasteiger partial charge is 0.268 e. The Morgan fingerprint density at radius 2 is 1.87 bits per heavy atom. The number of carbonyl (C=O) groups is 1. The summed E-state index contributed by atoms with van der Waals surface area (Å²) in [5, 5.41) is -0.102. The number of thioether (sulfide) groups is 1. The van der Waals surface area contributed by atoms with E-state index in [-0.39, 0.29) is 9.34 Å². The van der Waals surface area contributed by atoms with E-state index in [1.165, 1.54) is 29.2 Å². The minimum Gasteiger partial charge on any atom is -0.268 e. The molecule has 1 amide bonds. The van der Waals surface area contributed by atoms with Crippen molar-refractivity contribution in [3.63, 3.8) is 0 Å². The minimum atomic E-state index is -0.581. The maximum atomic E-state index is 13.7. The normalized spacial score (nSPS) is 16.5. The van der Waals surface area contributed by atoms with Crippen molar-refractivity contribution >= 4 is 57.6 Å². The van der Waals surface area contributed by atoms with Crippen LogP contribution in [0, 0.1) is 11.6 Å². The highest BCUT2D eigenvalue weighted by atomic mass is 35.5. The number of halogens is 3. The standard InChI is InChI=1S/C16H8ClF2NOS2/c17-11-8-10(5-6-13(11)19)20-15(21)14(23-16(20)22)7-9-3-1-2-4-12(9)18/h1-8H/b14-7+. The Hall–Kier alpha value is -1.76. The molecular weight excluding hydrogens is 360 g/mol. The van der Waals surface area contributed by atoms with E-state index in [4.69, 9.17) is 23.8 Å². The lowest BCUT2D eigenvalue weighted by Crippen LogP contribution is -2.27. The van der Waals surface area contributed by atoms with Crippen LogP contribution in [0.3, 0.4) is 0 Å². The molecule has 0 N–H and O–H groups in total. The van der Waals surface area contributed by atoms with Crippen LogP contribution in [0.4, 0.5) is 14.5 Å². The molecule has 0 bridgehead atoms. The van der Waals surface area contributed by atoms with Crippen LogP contribution in [-0.4, -0.2) is 10.2 Å². The number of thiocarbonyl (C=S) groups is 1. The Morgan fingerprint density at radius 1 is 1.13 bits per heavy atom. The lowest BCUT2D eigenvalue weighted by atomic mass is 10.2. The van der Waals surface area contributed by atoms with Crippen molar-refractivity contribution in [3.05, 3.63) is 69.6 Å². The van der Waals surface area contributed by atoms with E-state index in [9.17, 15) is 13.6 Å². The van der Waals surface area contributed by atoms with Crippen LogP contribution in [0.2, 0.25) is 5.02 Å². The fraction of sp³-hybridized carbons (Fsp3) is 0. The maximum Gasteiger partial charge on any atom is 0.270 e. The second kappa shape index (κ2) is 6.39. The van der Waals surface area contributed by atoms with Crippen molar-refractivity contribution in [2.45, 2.75) is 0 Å². The number of hydrogen-bond acceptors (Lipinski definition) is 3. The van der Waals surface area contributed by atoms with E-state index in [1.807, 2.05) is 0 Å². The molecule has 23 heavy (non-hydrogen) atoms. The van der Waals surface area contributed by atoms with E-state index < -0.39 is 17.5 Å². The van der Waals surface area contributed by atoms with Gasteiger partial charge < -0.3 is 0 Å². The average Bonchev–Trinajstić information content (AvgIpc) is 2.79. The van der Waals surface area contributed by atoms with Crippen molar-refractivity contribution in [1.82, 2.24) is 0 Å². The molecule has 0 atom stereocenters. The molecule has 0 aromatic heterocycles. The van der Waals surface area contributed by atoms with Crippen molar-refractivity contribution in [3.8, 4) is 0 Å². The fourth-order valence-corrected chi connectivity index (χ4v) is 3.51. The van der Waals surface area contributed by atoms with Gasteiger partial charge in [-0.25, -0.2) is 8.78 Å². The van der Waals surface area contributed by atoms with E-state index in [0.29, 0.717) is 16.2 Å². The van der Waals surface area contributed by atoms with Crippen LogP contribution in [0.15, 0.2) is 47.4 Å². The number of nitrogens with zero attached hydrogens (tertiary/aromatic N) is 1. The third-order valence-corrected chi connectivity index (χ3v) is 4.74. The quantitative estimate of drug-likeness (QED) is 0.549. The van der Waals surface area contributed by atoms with Crippen molar-refractivity contribution in [2.75, 3.05) is 4.90 Å². The minimum absolute atomic E-state index is 0.102. The Balaban J connectivity index is 1.97. The zero-order valence-electron chi connectivity index (χ0n) is 11.4. The first-order chi connectivity index (χ1) is 11.0. The third kappa shape index (κ3) is 3.15. The largest absolute Gasteiger partial charge is 0.270 e. The molecule has 2 aromatic carbocycles. The van der Waals surface area contributed by atoms with E-state index >= 15 is 0 Å². The molecule has 1 aliphatic heterocycles. The van der Waals surface area contributed by atoms with Gasteiger partial charge in [0.05, 0.1) is 15.6 Å². The highest BCUT2D eigenvalue weighted by molar-refractivity contribution is 8.27. The molecule has 0 spiro atoms. The Bertz CT molecular complexity index is 854. The van der Waals surface area contributed by atoms with Gasteiger partial charge in [-0.1, -0.05) is 53.8 Å². The number of anilines is 1. The molecule has 1 aliphatic rings. The summed E-state index contributed by atoms with van der Waals surface area (Å²) in [6.07, 6.45) is 1.44. The monoisotopic (exact) mass is 367 g/mol. The topological polar surface area (TPSA) is 20.3 Å². The Kier molecular flexibility index (Phi) is 4.48. The summed E-state index contributed by atoms with van der Waals surface area (Å²) in [5.74, 6) is -1.41. The second-order valence-electron chi connectivity index (χ2n) is 4.64. The lowest BCUT2D eigenvalue weighted by molar-refractivity contribution is -0.113. The van der Waals surface area contributed by atoms with Gasteiger partial charge in [-0.2, -0.15) is 0 Å². The summed E-state index contributed by atoms with van der Waals surface area (Å²) in [7, 11) is 0. The summed E-state index contributed by atoms with van der Waals surface area (Å²) in [4.78, 5) is 14.1. The molecule has 1 saturated heterocycles. The predicted octanol–water partition coefficient (Wildman–Crippen LogP) is 5.02. The van der Waals surface area contributed by atoms with Crippen molar-refractivity contribution in [2.24, 2.45) is 0 Å². The summed E-state index contributed by atoms with van der Waals surface area (Å²) in [5.41, 5.74) is 0.668. The van der Waals surface area contributed by atoms with E-state index in [2.05, 4.69) is 0 Å². The molecule has 1 fully saturated rings. The first-order valence-electron chi connectivity index (χ1n) is 6.45. The van der Waals surface area contributed by atoms with Gasteiger partial charge in [0.1, 0.15) is 11.6 Å². The molecule has 1 heterocycles. The van der Waals surface area contributed by atoms with Crippen LogP contribution < -0.4 is 4.90 Å². The SMILES string of the molecule is O=C1/C(=C\c2ccccc2F)SC(=S)N1c1ccc(F)c(Cl)c1. The molecule has 3 rings (SSSR count). The second-order valence-corrected chi connectivity index (χ2v) is 6.72. The van der Waals surface area contributed by atoms with Gasteiger partial charge in [0.15, 0.2) is 4.32 Å². The fourth-order valence-electron chi connectivity index (χ4n) is 2.05. The average molecular weight is 368 g/mol. The van der Waals surface area contributed by atoms with Gasteiger partial charge in [0.2, 0.25) is 0 Å². The summed E-state index contributed by atoms with van der Waals surface area (Å²) >= 11 is 12.0. The number of hydrogen-bond donors (Lipinski definition) is 0. The molecule has 0 unspecified atom stereocenters. The predicted molar refractivity (Wildman–Crippen MR) is 93.5 cm³/mol. The zero-order chi connectivity index (χ0) is 16.6. The summed E-state index contributed by atoms with van der Waals surface area (Å²) in [6, 6.07) is 10.0. The van der Waals surface area contributed by atoms with Gasteiger partial charge in [0, 0.05) is 5.56 Å². The van der Waals surface area contributed by atoms with Crippen molar-refractivity contribution in [1.29, 1.82) is 0 Å². The van der Waals surface area contributed by atoms with Crippen LogP contribution in [-0.2, 0) is 4.79 Å². The van der Waals surface area contributed by atoms with Gasteiger partial charge in [0.25, 0.3) is 5.91 Å². The highest BCUT2D eigenvalue weighted by Gasteiger charge is 2.33. The zero-order valence-corrected chi connectivity index (χ0v) is 13.8. The van der Waals surface area contributed by atoms with Crippen LogP contribution in [0.25, 0.3) is 6.08 Å². The van der Waals surface area contributed by atoms with Crippen LogP contribution in [0.1, 0.15) is 5.56 Å². The number of rotatable bonds is 2. The molecular formula is C16H8ClF2NOS2. The van der Waals surface area contributed by atoms with E-state index in [1.54, 1.807) is 18.2 Å². The highest BCUT2D eigenvalue weighted by Crippen LogP contribution is 2.37. The van der Waals surface area contributed by atoms with Gasteiger partial charge in [-0.3, -0.25) is 9.69 Å². The number of carbonyl (C=O) groups excluding carboxylic acids is 1. The third-order valence-electron chi connectivity index (χ3n) is 3.15.